The Morgan fingerprint density at radius 1 is 1.43 bits per heavy atom. The van der Waals surface area contributed by atoms with Crippen LogP contribution < -0.4 is 0 Å². The monoisotopic (exact) mass is 253 g/mol. The molecule has 1 aromatic rings. The van der Waals surface area contributed by atoms with Gasteiger partial charge in [-0.1, -0.05) is 11.6 Å². The number of carbonyl (C=O) groups excluding carboxylic acids is 1. The average molecular weight is 254 g/mol. The summed E-state index contributed by atoms with van der Waals surface area (Å²) in [5.41, 5.74) is 0.157. The zero-order valence-corrected chi connectivity index (χ0v) is 9.32. The molecule has 1 aromatic heterocycles. The lowest BCUT2D eigenvalue weighted by Crippen LogP contribution is -2.00. The lowest BCUT2D eigenvalue weighted by atomic mass is 10.2. The third-order valence-electron chi connectivity index (χ3n) is 1.43. The summed E-state index contributed by atoms with van der Waals surface area (Å²) in [6.45, 7) is 1.29. The van der Waals surface area contributed by atoms with Gasteiger partial charge in [-0.3, -0.25) is 4.79 Å². The van der Waals surface area contributed by atoms with E-state index in [2.05, 4.69) is 4.98 Å². The smallest absolute Gasteiger partial charge is 0.278 e. The number of hydrogen-bond acceptors (Lipinski definition) is 4. The lowest BCUT2D eigenvalue weighted by Gasteiger charge is -1.99. The summed E-state index contributed by atoms with van der Waals surface area (Å²) >= 11 is 5.51. The molecule has 1 heterocycles. The molecule has 0 aromatic carbocycles. The van der Waals surface area contributed by atoms with Crippen molar-refractivity contribution in [3.05, 3.63) is 22.8 Å². The molecule has 1 rings (SSSR count). The van der Waals surface area contributed by atoms with Gasteiger partial charge >= 0.3 is 0 Å². The van der Waals surface area contributed by atoms with E-state index in [9.17, 15) is 13.2 Å². The maximum absolute atomic E-state index is 11.0. The van der Waals surface area contributed by atoms with Crippen LogP contribution in [0, 0.1) is 0 Å². The first-order valence-corrected chi connectivity index (χ1v) is 6.12. The van der Waals surface area contributed by atoms with Gasteiger partial charge in [0.15, 0.2) is 10.8 Å². The number of carbonyl (C=O) groups is 1. The van der Waals surface area contributed by atoms with Crippen LogP contribution >= 0.6 is 22.3 Å². The zero-order chi connectivity index (χ0) is 10.9. The predicted molar refractivity (Wildman–Crippen MR) is 52.3 cm³/mol. The second kappa shape index (κ2) is 3.84. The summed E-state index contributed by atoms with van der Waals surface area (Å²) in [7, 11) is 1.09. The third kappa shape index (κ3) is 2.67. The summed E-state index contributed by atoms with van der Waals surface area (Å²) < 4.78 is 21.8. The summed E-state index contributed by atoms with van der Waals surface area (Å²) in [5, 5.41) is -0.506. The maximum Gasteiger partial charge on any atom is 0.278 e. The SMILES string of the molecule is CC(=O)c1cc(Cl)nc(S(=O)(=O)Cl)c1. The molecule has 14 heavy (non-hydrogen) atoms. The Balaban J connectivity index is 3.43. The van der Waals surface area contributed by atoms with Crippen LogP contribution in [0.2, 0.25) is 5.15 Å². The number of nitrogens with zero attached hydrogens (tertiary/aromatic N) is 1. The number of pyridine rings is 1. The van der Waals surface area contributed by atoms with E-state index in [1.807, 2.05) is 0 Å². The van der Waals surface area contributed by atoms with Gasteiger partial charge in [-0.05, 0) is 19.1 Å². The van der Waals surface area contributed by atoms with E-state index in [-0.39, 0.29) is 16.5 Å². The second-order valence-electron chi connectivity index (χ2n) is 2.51. The quantitative estimate of drug-likeness (QED) is 0.459. The summed E-state index contributed by atoms with van der Waals surface area (Å²) in [6.07, 6.45) is 0. The van der Waals surface area contributed by atoms with Gasteiger partial charge in [-0.25, -0.2) is 13.4 Å². The van der Waals surface area contributed by atoms with Crippen molar-refractivity contribution in [1.82, 2.24) is 4.98 Å². The first kappa shape index (κ1) is 11.4. The third-order valence-corrected chi connectivity index (χ3v) is 2.80. The first-order chi connectivity index (χ1) is 6.30. The van der Waals surface area contributed by atoms with Crippen LogP contribution in [0.5, 0.6) is 0 Å². The molecular weight excluding hydrogens is 249 g/mol. The highest BCUT2D eigenvalue weighted by Gasteiger charge is 2.15. The van der Waals surface area contributed by atoms with Crippen LogP contribution in [0.4, 0.5) is 0 Å². The first-order valence-electron chi connectivity index (χ1n) is 3.44. The van der Waals surface area contributed by atoms with Crippen molar-refractivity contribution in [2.24, 2.45) is 0 Å². The summed E-state index contributed by atoms with van der Waals surface area (Å²) in [5.74, 6) is -0.309. The molecule has 4 nitrogen and oxygen atoms in total. The van der Waals surface area contributed by atoms with Gasteiger partial charge in [0.1, 0.15) is 5.15 Å². The molecule has 0 fully saturated rings. The van der Waals surface area contributed by atoms with Crippen LogP contribution in [-0.4, -0.2) is 19.2 Å². The number of halogens is 2. The van der Waals surface area contributed by atoms with Crippen molar-refractivity contribution in [2.75, 3.05) is 0 Å². The second-order valence-corrected chi connectivity index (χ2v) is 5.41. The van der Waals surface area contributed by atoms with Crippen LogP contribution in [0.1, 0.15) is 17.3 Å². The minimum atomic E-state index is -3.96. The van der Waals surface area contributed by atoms with E-state index < -0.39 is 14.1 Å². The van der Waals surface area contributed by atoms with Crippen molar-refractivity contribution in [3.63, 3.8) is 0 Å². The molecular formula is C7H5Cl2NO3S. The minimum absolute atomic E-state index is 0.0862. The van der Waals surface area contributed by atoms with E-state index >= 15 is 0 Å². The van der Waals surface area contributed by atoms with Crippen LogP contribution in [0.15, 0.2) is 17.2 Å². The molecule has 0 aliphatic heterocycles. The van der Waals surface area contributed by atoms with Gasteiger partial charge < -0.3 is 0 Å². The van der Waals surface area contributed by atoms with E-state index in [0.717, 1.165) is 6.07 Å². The topological polar surface area (TPSA) is 64.1 Å². The Morgan fingerprint density at radius 3 is 2.43 bits per heavy atom. The number of aromatic nitrogens is 1. The fourth-order valence-corrected chi connectivity index (χ4v) is 1.77. The van der Waals surface area contributed by atoms with E-state index in [4.69, 9.17) is 22.3 Å². The van der Waals surface area contributed by atoms with Crippen molar-refractivity contribution in [3.8, 4) is 0 Å². The Labute approximate surface area is 90.3 Å². The lowest BCUT2D eigenvalue weighted by molar-refractivity contribution is 0.101. The van der Waals surface area contributed by atoms with E-state index in [0.29, 0.717) is 0 Å². The van der Waals surface area contributed by atoms with Crippen molar-refractivity contribution >= 4 is 37.1 Å². The van der Waals surface area contributed by atoms with Crippen LogP contribution in [0.3, 0.4) is 0 Å². The molecule has 0 aliphatic rings. The normalized spacial score (nSPS) is 11.4. The number of ketones is 1. The molecule has 0 saturated carbocycles. The number of rotatable bonds is 2. The Morgan fingerprint density at radius 2 is 2.00 bits per heavy atom. The van der Waals surface area contributed by atoms with Crippen molar-refractivity contribution < 1.29 is 13.2 Å². The molecule has 0 saturated heterocycles. The molecule has 7 heteroatoms. The van der Waals surface area contributed by atoms with Gasteiger partial charge in [0.25, 0.3) is 9.05 Å². The molecule has 0 unspecified atom stereocenters. The molecule has 0 aliphatic carbocycles. The highest BCUT2D eigenvalue weighted by atomic mass is 35.7. The largest absolute Gasteiger partial charge is 0.295 e. The fraction of sp³-hybridized carbons (Fsp3) is 0.143. The van der Waals surface area contributed by atoms with Gasteiger partial charge in [0, 0.05) is 16.2 Å². The molecule has 0 spiro atoms. The number of Topliss-reactive ketones (excluding diaryl/α,β-unsaturated/α-hetero) is 1. The summed E-state index contributed by atoms with van der Waals surface area (Å²) in [4.78, 5) is 14.4. The molecule has 0 radical (unpaired) electrons. The van der Waals surface area contributed by atoms with E-state index in [1.165, 1.54) is 13.0 Å². The van der Waals surface area contributed by atoms with Crippen molar-refractivity contribution in [1.29, 1.82) is 0 Å². The van der Waals surface area contributed by atoms with Gasteiger partial charge in [-0.15, -0.1) is 0 Å². The highest BCUT2D eigenvalue weighted by Crippen LogP contribution is 2.18. The van der Waals surface area contributed by atoms with Crippen molar-refractivity contribution in [2.45, 2.75) is 11.9 Å². The Bertz CT molecular complexity index is 484. The van der Waals surface area contributed by atoms with Crippen LogP contribution in [0.25, 0.3) is 0 Å². The minimum Gasteiger partial charge on any atom is -0.295 e. The predicted octanol–water partition coefficient (Wildman–Crippen LogP) is 1.87. The summed E-state index contributed by atoms with van der Waals surface area (Å²) in [6, 6.07) is 2.35. The van der Waals surface area contributed by atoms with E-state index in [1.54, 1.807) is 0 Å². The Hall–Kier alpha value is -0.650. The fourth-order valence-electron chi connectivity index (χ4n) is 0.801. The zero-order valence-electron chi connectivity index (χ0n) is 6.99. The molecule has 0 N–H and O–H groups in total. The molecule has 0 atom stereocenters. The van der Waals surface area contributed by atoms with Crippen LogP contribution in [-0.2, 0) is 9.05 Å². The average Bonchev–Trinajstić information content (AvgIpc) is 2.01. The molecule has 76 valence electrons. The van der Waals surface area contributed by atoms with Gasteiger partial charge in [0.2, 0.25) is 0 Å². The molecule has 0 amide bonds. The number of hydrogen-bond donors (Lipinski definition) is 0. The molecule has 0 bridgehead atoms. The van der Waals surface area contributed by atoms with Gasteiger partial charge in [-0.2, -0.15) is 0 Å². The highest BCUT2D eigenvalue weighted by molar-refractivity contribution is 8.13. The standard InChI is InChI=1S/C7H5Cl2NO3S/c1-4(11)5-2-6(8)10-7(3-5)14(9,12)13/h2-3H,1H3. The maximum atomic E-state index is 11.0. The Kier molecular flexibility index (Phi) is 3.14. The van der Waals surface area contributed by atoms with Gasteiger partial charge in [0.05, 0.1) is 0 Å².